The van der Waals surface area contributed by atoms with Crippen LogP contribution in [0.25, 0.3) is 0 Å². The van der Waals surface area contributed by atoms with Crippen LogP contribution in [0.1, 0.15) is 87.7 Å². The lowest BCUT2D eigenvalue weighted by molar-refractivity contribution is -0.680. The number of hydrogen-bond acceptors (Lipinski definition) is 6. The fourth-order valence-corrected chi connectivity index (χ4v) is 8.15. The zero-order valence-electron chi connectivity index (χ0n) is 19.5. The Morgan fingerprint density at radius 2 is 1.48 bits per heavy atom. The molecule has 6 nitrogen and oxygen atoms in total. The lowest BCUT2D eigenvalue weighted by atomic mass is 9.53. The molecule has 0 aromatic heterocycles. The summed E-state index contributed by atoms with van der Waals surface area (Å²) in [7, 11) is 0. The van der Waals surface area contributed by atoms with Crippen LogP contribution in [-0.2, 0) is 26.1 Å². The molecule has 2 aliphatic heterocycles. The van der Waals surface area contributed by atoms with Crippen molar-refractivity contribution >= 4 is 0 Å². The number of benzene rings is 1. The maximum Gasteiger partial charge on any atom is 0.239 e. The Kier molecular flexibility index (Phi) is 5.07. The van der Waals surface area contributed by atoms with E-state index in [2.05, 4.69) is 17.0 Å². The van der Waals surface area contributed by atoms with Crippen molar-refractivity contribution in [1.82, 2.24) is 4.90 Å². The second kappa shape index (κ2) is 7.92. The van der Waals surface area contributed by atoms with E-state index in [-0.39, 0.29) is 0 Å². The molecule has 7 fully saturated rings. The standard InChI is InChI=1S/C27H37NO5/c29-25-4-3-21(16-22(25)17-28-9-1-2-10-28)20-5-7-26(8-6-20)30-32-27(33-31-26)23-12-18-11-19(14-23)15-24(27)13-18/h3-4,16,18-20,23-24,29H,1-2,5-15,17H2. The molecule has 8 rings (SSSR count). The average Bonchev–Trinajstić information content (AvgIpc) is 3.34. The highest BCUT2D eigenvalue weighted by Crippen LogP contribution is 2.62. The molecule has 180 valence electrons. The third-order valence-electron chi connectivity index (χ3n) is 9.84. The highest BCUT2D eigenvalue weighted by molar-refractivity contribution is 5.38. The van der Waals surface area contributed by atoms with Gasteiger partial charge in [0.05, 0.1) is 0 Å². The van der Waals surface area contributed by atoms with E-state index >= 15 is 0 Å². The smallest absolute Gasteiger partial charge is 0.239 e. The number of rotatable bonds is 3. The van der Waals surface area contributed by atoms with Gasteiger partial charge in [0.1, 0.15) is 5.75 Å². The number of phenols is 1. The van der Waals surface area contributed by atoms with Crippen molar-refractivity contribution in [3.8, 4) is 5.75 Å². The molecule has 1 N–H and O–H groups in total. The molecule has 5 aliphatic carbocycles. The summed E-state index contributed by atoms with van der Waals surface area (Å²) in [5.74, 6) is 1.93. The molecule has 2 heterocycles. The van der Waals surface area contributed by atoms with Crippen molar-refractivity contribution in [2.75, 3.05) is 13.1 Å². The van der Waals surface area contributed by atoms with Crippen molar-refractivity contribution in [1.29, 1.82) is 0 Å². The topological polar surface area (TPSA) is 60.4 Å². The van der Waals surface area contributed by atoms with Crippen LogP contribution < -0.4 is 0 Å². The summed E-state index contributed by atoms with van der Waals surface area (Å²) in [4.78, 5) is 27.1. The van der Waals surface area contributed by atoms with Crippen molar-refractivity contribution in [3.63, 3.8) is 0 Å². The molecule has 2 saturated heterocycles. The predicted molar refractivity (Wildman–Crippen MR) is 121 cm³/mol. The van der Waals surface area contributed by atoms with Crippen LogP contribution in [0.5, 0.6) is 5.75 Å². The van der Waals surface area contributed by atoms with Crippen molar-refractivity contribution in [3.05, 3.63) is 29.3 Å². The highest BCUT2D eigenvalue weighted by Gasteiger charge is 2.64. The van der Waals surface area contributed by atoms with Gasteiger partial charge in [0.15, 0.2) is 0 Å². The highest BCUT2D eigenvalue weighted by atomic mass is 17.4. The summed E-state index contributed by atoms with van der Waals surface area (Å²) in [5, 5.41) is 10.4. The fraction of sp³-hybridized carbons (Fsp3) is 0.778. The third kappa shape index (κ3) is 3.56. The summed E-state index contributed by atoms with van der Waals surface area (Å²) >= 11 is 0. The number of aromatic hydroxyl groups is 1. The Morgan fingerprint density at radius 1 is 0.848 bits per heavy atom. The lowest BCUT2D eigenvalue weighted by Crippen LogP contribution is -2.64. The molecule has 2 spiro atoms. The Labute approximate surface area is 196 Å². The van der Waals surface area contributed by atoms with Crippen molar-refractivity contribution < 1.29 is 24.7 Å². The summed E-state index contributed by atoms with van der Waals surface area (Å²) in [6.45, 7) is 3.11. The maximum absolute atomic E-state index is 10.4. The number of phenolic OH excluding ortho intramolecular Hbond substituents is 1. The minimum Gasteiger partial charge on any atom is -0.508 e. The van der Waals surface area contributed by atoms with Gasteiger partial charge in [0.25, 0.3) is 0 Å². The zero-order chi connectivity index (χ0) is 22.0. The Balaban J connectivity index is 0.999. The Morgan fingerprint density at radius 3 is 2.12 bits per heavy atom. The summed E-state index contributed by atoms with van der Waals surface area (Å²) in [6, 6.07) is 6.18. The van der Waals surface area contributed by atoms with E-state index in [1.54, 1.807) is 0 Å². The number of nitrogens with zero attached hydrogens (tertiary/aromatic N) is 1. The number of likely N-dealkylation sites (tertiary alicyclic amines) is 1. The van der Waals surface area contributed by atoms with E-state index in [9.17, 15) is 5.11 Å². The molecule has 6 heteroatoms. The Bertz CT molecular complexity index is 848. The van der Waals surface area contributed by atoms with Gasteiger partial charge in [-0.1, -0.05) is 12.1 Å². The van der Waals surface area contributed by atoms with Gasteiger partial charge in [-0.15, -0.1) is 0 Å². The van der Waals surface area contributed by atoms with E-state index in [4.69, 9.17) is 19.6 Å². The van der Waals surface area contributed by atoms with Gasteiger partial charge in [-0.3, -0.25) is 4.90 Å². The van der Waals surface area contributed by atoms with E-state index in [0.717, 1.165) is 62.7 Å². The normalized spacial score (nSPS) is 44.8. The molecular formula is C27H37NO5. The van der Waals surface area contributed by atoms with Crippen molar-refractivity contribution in [2.45, 2.75) is 94.7 Å². The second-order valence-electron chi connectivity index (χ2n) is 11.9. The lowest BCUT2D eigenvalue weighted by Gasteiger charge is -2.60. The fourth-order valence-electron chi connectivity index (χ4n) is 8.15. The number of hydrogen-bond donors (Lipinski definition) is 1. The average molecular weight is 456 g/mol. The molecule has 5 saturated carbocycles. The largest absolute Gasteiger partial charge is 0.508 e. The SMILES string of the molecule is Oc1ccc(C2CCC3(CC2)OOC2(OO3)C3CC4CC(C3)CC2C4)cc1CN1CCCC1. The first-order chi connectivity index (χ1) is 16.1. The van der Waals surface area contributed by atoms with E-state index in [0.29, 0.717) is 23.5 Å². The molecule has 33 heavy (non-hydrogen) atoms. The zero-order valence-corrected chi connectivity index (χ0v) is 19.5. The molecule has 1 aromatic rings. The maximum atomic E-state index is 10.4. The van der Waals surface area contributed by atoms with Crippen LogP contribution in [0.4, 0.5) is 0 Å². The quantitative estimate of drug-likeness (QED) is 0.616. The molecular weight excluding hydrogens is 418 g/mol. The van der Waals surface area contributed by atoms with E-state index < -0.39 is 11.6 Å². The van der Waals surface area contributed by atoms with Crippen LogP contribution in [0.3, 0.4) is 0 Å². The third-order valence-corrected chi connectivity index (χ3v) is 9.84. The molecule has 4 bridgehead atoms. The monoisotopic (exact) mass is 455 g/mol. The van der Waals surface area contributed by atoms with Gasteiger partial charge >= 0.3 is 0 Å². The van der Waals surface area contributed by atoms with Crippen LogP contribution >= 0.6 is 0 Å². The van der Waals surface area contributed by atoms with E-state index in [1.165, 1.54) is 50.5 Å². The van der Waals surface area contributed by atoms with E-state index in [1.807, 2.05) is 6.07 Å². The minimum atomic E-state index is -0.772. The summed E-state index contributed by atoms with van der Waals surface area (Å²) in [6.07, 6.45) is 12.1. The van der Waals surface area contributed by atoms with Crippen LogP contribution in [-0.4, -0.2) is 34.7 Å². The molecule has 7 aliphatic rings. The first-order valence-corrected chi connectivity index (χ1v) is 13.4. The van der Waals surface area contributed by atoms with Gasteiger partial charge < -0.3 is 5.11 Å². The summed E-state index contributed by atoms with van der Waals surface area (Å²) < 4.78 is 0. The molecule has 0 radical (unpaired) electrons. The van der Waals surface area contributed by atoms with Gasteiger partial charge in [0.2, 0.25) is 11.6 Å². The Hall–Kier alpha value is -1.18. The first-order valence-electron chi connectivity index (χ1n) is 13.4. The van der Waals surface area contributed by atoms with Crippen molar-refractivity contribution in [2.24, 2.45) is 23.7 Å². The molecule has 0 amide bonds. The summed E-state index contributed by atoms with van der Waals surface area (Å²) in [5.41, 5.74) is 2.36. The predicted octanol–water partition coefficient (Wildman–Crippen LogP) is 5.40. The van der Waals surface area contributed by atoms with Crippen LogP contribution in [0.2, 0.25) is 0 Å². The van der Waals surface area contributed by atoms with Crippen LogP contribution in [0, 0.1) is 23.7 Å². The molecule has 1 aromatic carbocycles. The molecule has 0 unspecified atom stereocenters. The van der Waals surface area contributed by atoms with Crippen LogP contribution in [0.15, 0.2) is 18.2 Å². The molecule has 0 atom stereocenters. The second-order valence-corrected chi connectivity index (χ2v) is 11.9. The van der Waals surface area contributed by atoms with Gasteiger partial charge in [0, 0.05) is 36.8 Å². The van der Waals surface area contributed by atoms with Gasteiger partial charge in [-0.05, 0) is 100 Å². The minimum absolute atomic E-state index is 0.411. The van der Waals surface area contributed by atoms with Gasteiger partial charge in [-0.25, -0.2) is 0 Å². The van der Waals surface area contributed by atoms with Gasteiger partial charge in [-0.2, -0.15) is 19.6 Å². The first kappa shape index (κ1) is 21.1.